The Labute approximate surface area is 173 Å². The molecule has 0 amide bonds. The Hall–Kier alpha value is -3.71. The van der Waals surface area contributed by atoms with Gasteiger partial charge in [0.05, 0.1) is 24.6 Å². The number of hydrogen-bond donors (Lipinski definition) is 0. The number of ether oxygens (including phenoxy) is 1. The lowest BCUT2D eigenvalue weighted by Gasteiger charge is -2.14. The van der Waals surface area contributed by atoms with E-state index >= 15 is 0 Å². The van der Waals surface area contributed by atoms with Gasteiger partial charge in [0.15, 0.2) is 0 Å². The van der Waals surface area contributed by atoms with Crippen LogP contribution in [0.25, 0.3) is 5.69 Å². The second-order valence-electron chi connectivity index (χ2n) is 7.29. The summed E-state index contributed by atoms with van der Waals surface area (Å²) in [6.07, 6.45) is 4.81. The summed E-state index contributed by atoms with van der Waals surface area (Å²) < 4.78 is 13.0. The van der Waals surface area contributed by atoms with E-state index in [-0.39, 0.29) is 17.8 Å². The van der Waals surface area contributed by atoms with E-state index in [2.05, 4.69) is 39.5 Å². The summed E-state index contributed by atoms with van der Waals surface area (Å²) in [5.41, 5.74) is 4.33. The van der Waals surface area contributed by atoms with Crippen LogP contribution in [0.3, 0.4) is 0 Å². The highest BCUT2D eigenvalue weighted by Gasteiger charge is 2.19. The van der Waals surface area contributed by atoms with Crippen LogP contribution >= 0.6 is 0 Å². The lowest BCUT2D eigenvalue weighted by atomic mass is 10.1. The van der Waals surface area contributed by atoms with E-state index in [0.29, 0.717) is 12.3 Å². The minimum absolute atomic E-state index is 0.174. The minimum Gasteiger partial charge on any atom is -0.482 e. The Morgan fingerprint density at radius 1 is 1.03 bits per heavy atom. The predicted molar refractivity (Wildman–Crippen MR) is 110 cm³/mol. The van der Waals surface area contributed by atoms with E-state index in [1.807, 2.05) is 24.3 Å². The largest absolute Gasteiger partial charge is 0.482 e. The second-order valence-corrected chi connectivity index (χ2v) is 7.29. The maximum Gasteiger partial charge on any atom is 0.227 e. The molecule has 4 aromatic rings. The van der Waals surface area contributed by atoms with Gasteiger partial charge in [0, 0.05) is 19.2 Å². The van der Waals surface area contributed by atoms with Gasteiger partial charge in [0.2, 0.25) is 11.2 Å². The van der Waals surface area contributed by atoms with Crippen LogP contribution in [0.15, 0.2) is 82.5 Å². The minimum atomic E-state index is -0.174. The fourth-order valence-electron chi connectivity index (χ4n) is 3.61. The first kappa shape index (κ1) is 18.3. The average molecular weight is 400 g/mol. The molecule has 0 aliphatic carbocycles. The number of hydrogen-bond acceptors (Lipinski definition) is 6. The first-order valence-corrected chi connectivity index (χ1v) is 9.74. The Balaban J connectivity index is 1.20. The predicted octanol–water partition coefficient (Wildman–Crippen LogP) is 3.32. The lowest BCUT2D eigenvalue weighted by Crippen LogP contribution is -2.17. The van der Waals surface area contributed by atoms with Crippen molar-refractivity contribution in [1.82, 2.24) is 19.9 Å². The maximum absolute atomic E-state index is 12.4. The molecule has 2 aromatic heterocycles. The molecule has 0 unspecified atom stereocenters. The fraction of sp³-hybridized carbons (Fsp3) is 0.174. The van der Waals surface area contributed by atoms with Crippen molar-refractivity contribution in [2.75, 3.05) is 0 Å². The Bertz CT molecular complexity index is 1170. The molecule has 0 N–H and O–H groups in total. The summed E-state index contributed by atoms with van der Waals surface area (Å²) in [4.78, 5) is 14.7. The standard InChI is InChI=1S/C23H20N4O3/c28-22-11-21(14-26-12-18-3-1-2-4-19(18)13-26)29-16-23(22)30-15-17-5-7-20(8-6-17)27-10-9-24-25-27/h1-11,16H,12-15H2. The van der Waals surface area contributed by atoms with Crippen LogP contribution in [0.2, 0.25) is 0 Å². The highest BCUT2D eigenvalue weighted by Crippen LogP contribution is 2.24. The Kier molecular flexibility index (Phi) is 4.86. The molecule has 0 saturated carbocycles. The number of benzene rings is 2. The van der Waals surface area contributed by atoms with Crippen LogP contribution in [-0.2, 0) is 26.2 Å². The SMILES string of the molecule is O=c1cc(CN2Cc3ccccc3C2)occ1OCc1ccc(-n2ccnn2)cc1. The van der Waals surface area contributed by atoms with Gasteiger partial charge in [0.25, 0.3) is 0 Å². The van der Waals surface area contributed by atoms with Gasteiger partial charge < -0.3 is 9.15 Å². The molecular weight excluding hydrogens is 380 g/mol. The quantitative estimate of drug-likeness (QED) is 0.494. The summed E-state index contributed by atoms with van der Waals surface area (Å²) >= 11 is 0. The molecule has 7 nitrogen and oxygen atoms in total. The van der Waals surface area contributed by atoms with Gasteiger partial charge in [-0.1, -0.05) is 41.6 Å². The van der Waals surface area contributed by atoms with E-state index in [1.54, 1.807) is 17.1 Å². The molecule has 2 aromatic carbocycles. The summed E-state index contributed by atoms with van der Waals surface area (Å²) in [5, 5.41) is 7.75. The third-order valence-corrected chi connectivity index (χ3v) is 5.16. The first-order valence-electron chi connectivity index (χ1n) is 9.74. The zero-order valence-electron chi connectivity index (χ0n) is 16.3. The van der Waals surface area contributed by atoms with Crippen molar-refractivity contribution in [3.8, 4) is 11.4 Å². The summed E-state index contributed by atoms with van der Waals surface area (Å²) in [5.74, 6) is 0.848. The van der Waals surface area contributed by atoms with Gasteiger partial charge >= 0.3 is 0 Å². The number of fused-ring (bicyclic) bond motifs is 1. The summed E-state index contributed by atoms with van der Waals surface area (Å²) in [6, 6.07) is 17.6. The third-order valence-electron chi connectivity index (χ3n) is 5.16. The smallest absolute Gasteiger partial charge is 0.227 e. The maximum atomic E-state index is 12.4. The third kappa shape index (κ3) is 3.88. The van der Waals surface area contributed by atoms with Crippen LogP contribution in [0.5, 0.6) is 5.75 Å². The molecule has 0 atom stereocenters. The molecule has 0 saturated heterocycles. The van der Waals surface area contributed by atoms with E-state index < -0.39 is 0 Å². The van der Waals surface area contributed by atoms with E-state index in [4.69, 9.17) is 9.15 Å². The van der Waals surface area contributed by atoms with Crippen molar-refractivity contribution in [1.29, 1.82) is 0 Å². The highest BCUT2D eigenvalue weighted by molar-refractivity contribution is 5.33. The van der Waals surface area contributed by atoms with Crippen molar-refractivity contribution in [3.63, 3.8) is 0 Å². The van der Waals surface area contributed by atoms with E-state index in [1.165, 1.54) is 23.5 Å². The monoisotopic (exact) mass is 400 g/mol. The molecular formula is C23H20N4O3. The van der Waals surface area contributed by atoms with Crippen LogP contribution in [0.1, 0.15) is 22.5 Å². The van der Waals surface area contributed by atoms with Gasteiger partial charge in [-0.3, -0.25) is 9.69 Å². The Morgan fingerprint density at radius 3 is 2.47 bits per heavy atom. The molecule has 3 heterocycles. The van der Waals surface area contributed by atoms with Gasteiger partial charge in [0.1, 0.15) is 18.6 Å². The molecule has 30 heavy (non-hydrogen) atoms. The zero-order chi connectivity index (χ0) is 20.3. The molecule has 0 fully saturated rings. The van der Waals surface area contributed by atoms with Crippen molar-refractivity contribution in [3.05, 3.63) is 106 Å². The lowest BCUT2D eigenvalue weighted by molar-refractivity contribution is 0.241. The van der Waals surface area contributed by atoms with Crippen LogP contribution in [0, 0.1) is 0 Å². The van der Waals surface area contributed by atoms with Gasteiger partial charge in [-0.2, -0.15) is 0 Å². The molecule has 7 heteroatoms. The zero-order valence-corrected chi connectivity index (χ0v) is 16.3. The van der Waals surface area contributed by atoms with Gasteiger partial charge in [-0.05, 0) is 28.8 Å². The highest BCUT2D eigenvalue weighted by atomic mass is 16.5. The topological polar surface area (TPSA) is 73.4 Å². The van der Waals surface area contributed by atoms with Gasteiger partial charge in [-0.25, -0.2) is 4.68 Å². The number of nitrogens with zero attached hydrogens (tertiary/aromatic N) is 4. The summed E-state index contributed by atoms with van der Waals surface area (Å²) in [7, 11) is 0. The van der Waals surface area contributed by atoms with Crippen molar-refractivity contribution in [2.45, 2.75) is 26.2 Å². The normalized spacial score (nSPS) is 13.3. The number of aromatic nitrogens is 3. The molecule has 150 valence electrons. The number of rotatable bonds is 6. The molecule has 0 radical (unpaired) electrons. The van der Waals surface area contributed by atoms with Crippen molar-refractivity contribution in [2.24, 2.45) is 0 Å². The summed E-state index contributed by atoms with van der Waals surface area (Å²) in [6.45, 7) is 2.60. The first-order chi connectivity index (χ1) is 14.7. The van der Waals surface area contributed by atoms with Crippen LogP contribution in [0.4, 0.5) is 0 Å². The Morgan fingerprint density at radius 2 is 1.80 bits per heavy atom. The van der Waals surface area contributed by atoms with E-state index in [0.717, 1.165) is 24.3 Å². The molecule has 1 aliphatic rings. The molecule has 5 rings (SSSR count). The fourth-order valence-corrected chi connectivity index (χ4v) is 3.61. The van der Waals surface area contributed by atoms with Crippen LogP contribution < -0.4 is 10.2 Å². The molecule has 0 bridgehead atoms. The van der Waals surface area contributed by atoms with Crippen molar-refractivity contribution >= 4 is 0 Å². The van der Waals surface area contributed by atoms with E-state index in [9.17, 15) is 4.79 Å². The average Bonchev–Trinajstić information content (AvgIpc) is 3.43. The van der Waals surface area contributed by atoms with Crippen molar-refractivity contribution < 1.29 is 9.15 Å². The second kappa shape index (κ2) is 7.96. The molecule has 1 aliphatic heterocycles. The van der Waals surface area contributed by atoms with Gasteiger partial charge in [-0.15, -0.1) is 5.10 Å². The van der Waals surface area contributed by atoms with Crippen LogP contribution in [-0.4, -0.2) is 19.9 Å². The molecule has 0 spiro atoms.